The van der Waals surface area contributed by atoms with Crippen LogP contribution >= 0.6 is 0 Å². The van der Waals surface area contributed by atoms with Gasteiger partial charge in [0.25, 0.3) is 0 Å². The number of benzene rings is 2. The number of esters is 3. The fraction of sp³-hybridized carbons (Fsp3) is 0.441. The Balaban J connectivity index is 2.46. The van der Waals surface area contributed by atoms with Crippen molar-refractivity contribution in [3.8, 4) is 17.2 Å². The fourth-order valence-electron chi connectivity index (χ4n) is 3.67. The van der Waals surface area contributed by atoms with E-state index < -0.39 is 36.2 Å². The second kappa shape index (κ2) is 17.0. The molecule has 0 fully saturated rings. The number of ether oxygens (including phenoxy) is 6. The van der Waals surface area contributed by atoms with Crippen molar-refractivity contribution in [2.75, 3.05) is 19.8 Å². The average molecular weight is 597 g/mol. The van der Waals surface area contributed by atoms with E-state index in [4.69, 9.17) is 28.4 Å². The van der Waals surface area contributed by atoms with Crippen LogP contribution in [0, 0.1) is 0 Å². The molecule has 234 valence electrons. The van der Waals surface area contributed by atoms with E-state index in [1.54, 1.807) is 26.8 Å². The number of hydrogen-bond acceptors (Lipinski definition) is 9. The van der Waals surface area contributed by atoms with E-state index in [0.717, 1.165) is 5.39 Å². The molecule has 3 unspecified atom stereocenters. The maximum absolute atomic E-state index is 12.2. The SMILES string of the molecule is C=C(C)C(=O)OC(CC)COc1cc(OCC(CC)OC(=O)C(=C)C)c2ccccc2c1OCC(CC)OC(=O)C(=C)C. The average Bonchev–Trinajstić information content (AvgIpc) is 2.98. The Kier molecular flexibility index (Phi) is 13.8. The molecule has 0 aromatic heterocycles. The number of carbonyl (C=O) groups is 3. The van der Waals surface area contributed by atoms with Crippen molar-refractivity contribution in [3.05, 3.63) is 66.8 Å². The molecule has 9 heteroatoms. The van der Waals surface area contributed by atoms with Gasteiger partial charge in [-0.1, -0.05) is 64.8 Å². The molecule has 0 aliphatic heterocycles. The summed E-state index contributed by atoms with van der Waals surface area (Å²) in [5, 5.41) is 1.42. The highest BCUT2D eigenvalue weighted by molar-refractivity contribution is 5.95. The first-order valence-corrected chi connectivity index (χ1v) is 14.4. The molecule has 0 saturated heterocycles. The third kappa shape index (κ3) is 10.5. The lowest BCUT2D eigenvalue weighted by atomic mass is 10.1. The van der Waals surface area contributed by atoms with Gasteiger partial charge in [0, 0.05) is 33.6 Å². The largest absolute Gasteiger partial charge is 0.489 e. The van der Waals surface area contributed by atoms with Gasteiger partial charge in [0.05, 0.1) is 0 Å². The van der Waals surface area contributed by atoms with Crippen molar-refractivity contribution in [2.24, 2.45) is 0 Å². The summed E-state index contributed by atoms with van der Waals surface area (Å²) in [6.45, 7) is 21.5. The minimum atomic E-state index is -0.543. The first-order valence-electron chi connectivity index (χ1n) is 14.4. The maximum Gasteiger partial charge on any atom is 0.333 e. The molecule has 2 aromatic rings. The Labute approximate surface area is 254 Å². The summed E-state index contributed by atoms with van der Waals surface area (Å²) >= 11 is 0. The Bertz CT molecular complexity index is 1330. The molecule has 3 atom stereocenters. The standard InChI is InChI=1S/C34H44O9/c1-10-24(41-32(35)21(4)5)18-38-29-17-30(39-19-25(11-2)42-33(36)22(6)7)31(28-16-14-13-15-27(28)29)40-20-26(12-3)43-34(37)23(8)9/h13-17,24-26H,4,6,8,10-12,18-20H2,1-3,5,7,9H3. The second-order valence-corrected chi connectivity index (χ2v) is 10.3. The molecule has 0 spiro atoms. The van der Waals surface area contributed by atoms with Gasteiger partial charge in [-0.25, -0.2) is 14.4 Å². The van der Waals surface area contributed by atoms with Gasteiger partial charge >= 0.3 is 17.9 Å². The van der Waals surface area contributed by atoms with Crippen LogP contribution in [0.1, 0.15) is 60.8 Å². The van der Waals surface area contributed by atoms with Crippen molar-refractivity contribution in [1.29, 1.82) is 0 Å². The highest BCUT2D eigenvalue weighted by Crippen LogP contribution is 2.42. The van der Waals surface area contributed by atoms with E-state index >= 15 is 0 Å². The fourth-order valence-corrected chi connectivity index (χ4v) is 3.67. The number of carbonyl (C=O) groups excluding carboxylic acids is 3. The van der Waals surface area contributed by atoms with E-state index in [1.165, 1.54) is 0 Å². The Morgan fingerprint density at radius 1 is 0.605 bits per heavy atom. The third-order valence-electron chi connectivity index (χ3n) is 6.42. The van der Waals surface area contributed by atoms with Crippen molar-refractivity contribution in [1.82, 2.24) is 0 Å². The summed E-state index contributed by atoms with van der Waals surface area (Å²) in [5.74, 6) is -0.254. The first-order chi connectivity index (χ1) is 20.4. The zero-order chi connectivity index (χ0) is 32.1. The van der Waals surface area contributed by atoms with Gasteiger partial charge in [-0.15, -0.1) is 0 Å². The van der Waals surface area contributed by atoms with E-state index in [1.807, 2.05) is 45.0 Å². The van der Waals surface area contributed by atoms with Crippen molar-refractivity contribution in [3.63, 3.8) is 0 Å². The summed E-state index contributed by atoms with van der Waals surface area (Å²) in [6.07, 6.45) is -0.00598. The van der Waals surface area contributed by atoms with Gasteiger partial charge < -0.3 is 28.4 Å². The van der Waals surface area contributed by atoms with Crippen LogP contribution < -0.4 is 14.2 Å². The predicted octanol–water partition coefficient (Wildman–Crippen LogP) is 6.67. The summed E-state index contributed by atoms with van der Waals surface area (Å²) in [4.78, 5) is 36.4. The van der Waals surface area contributed by atoms with Crippen LogP contribution in [0.3, 0.4) is 0 Å². The van der Waals surface area contributed by atoms with Gasteiger partial charge in [-0.2, -0.15) is 0 Å². The van der Waals surface area contributed by atoms with Gasteiger partial charge in [0.2, 0.25) is 0 Å². The molecule has 0 aliphatic carbocycles. The molecule has 2 rings (SSSR count). The van der Waals surface area contributed by atoms with E-state index in [0.29, 0.717) is 53.0 Å². The molecule has 43 heavy (non-hydrogen) atoms. The second-order valence-electron chi connectivity index (χ2n) is 10.3. The van der Waals surface area contributed by atoms with Gasteiger partial charge in [0.15, 0.2) is 11.5 Å². The quantitative estimate of drug-likeness (QED) is 0.106. The van der Waals surface area contributed by atoms with Crippen LogP contribution in [0.25, 0.3) is 10.8 Å². The Hall–Kier alpha value is -4.27. The molecular weight excluding hydrogens is 552 g/mol. The summed E-state index contributed by atoms with van der Waals surface area (Å²) in [5.41, 5.74) is 0.887. The number of fused-ring (bicyclic) bond motifs is 1. The minimum absolute atomic E-state index is 0.0410. The van der Waals surface area contributed by atoms with E-state index in [2.05, 4.69) is 19.7 Å². The Morgan fingerprint density at radius 2 is 0.977 bits per heavy atom. The monoisotopic (exact) mass is 596 g/mol. The molecule has 0 N–H and O–H groups in total. The molecule has 0 heterocycles. The lowest BCUT2D eigenvalue weighted by molar-refractivity contribution is -0.147. The molecule has 0 radical (unpaired) electrons. The molecule has 0 amide bonds. The highest BCUT2D eigenvalue weighted by atomic mass is 16.6. The van der Waals surface area contributed by atoms with Crippen LogP contribution in [0.2, 0.25) is 0 Å². The predicted molar refractivity (Wildman–Crippen MR) is 165 cm³/mol. The maximum atomic E-state index is 12.2. The highest BCUT2D eigenvalue weighted by Gasteiger charge is 2.22. The number of rotatable bonds is 18. The van der Waals surface area contributed by atoms with Crippen LogP contribution in [-0.2, 0) is 28.6 Å². The van der Waals surface area contributed by atoms with E-state index in [9.17, 15) is 14.4 Å². The summed E-state index contributed by atoms with van der Waals surface area (Å²) in [6, 6.07) is 9.16. The smallest absolute Gasteiger partial charge is 0.333 e. The molecule has 0 bridgehead atoms. The van der Waals surface area contributed by atoms with Crippen LogP contribution in [-0.4, -0.2) is 56.0 Å². The summed E-state index contributed by atoms with van der Waals surface area (Å²) in [7, 11) is 0. The van der Waals surface area contributed by atoms with Crippen molar-refractivity contribution < 1.29 is 42.8 Å². The zero-order valence-electron chi connectivity index (χ0n) is 26.2. The van der Waals surface area contributed by atoms with Crippen molar-refractivity contribution in [2.45, 2.75) is 79.1 Å². The first kappa shape index (κ1) is 34.9. The normalized spacial score (nSPS) is 12.8. The van der Waals surface area contributed by atoms with E-state index in [-0.39, 0.29) is 25.4 Å². The van der Waals surface area contributed by atoms with Gasteiger partial charge in [-0.3, -0.25) is 0 Å². The third-order valence-corrected chi connectivity index (χ3v) is 6.42. The van der Waals surface area contributed by atoms with Crippen molar-refractivity contribution >= 4 is 28.7 Å². The van der Waals surface area contributed by atoms with Gasteiger partial charge in [-0.05, 0) is 40.0 Å². The summed E-state index contributed by atoms with van der Waals surface area (Å²) < 4.78 is 35.2. The van der Waals surface area contributed by atoms with Crippen LogP contribution in [0.15, 0.2) is 66.8 Å². The lowest BCUT2D eigenvalue weighted by Gasteiger charge is -2.23. The lowest BCUT2D eigenvalue weighted by Crippen LogP contribution is -2.26. The molecule has 9 nitrogen and oxygen atoms in total. The van der Waals surface area contributed by atoms with Gasteiger partial charge in [0.1, 0.15) is 43.9 Å². The number of hydrogen-bond donors (Lipinski definition) is 0. The minimum Gasteiger partial charge on any atom is -0.489 e. The zero-order valence-corrected chi connectivity index (χ0v) is 26.2. The molecular formula is C34H44O9. The topological polar surface area (TPSA) is 107 Å². The van der Waals surface area contributed by atoms with Crippen LogP contribution in [0.4, 0.5) is 0 Å². The molecule has 0 saturated carbocycles. The molecule has 2 aromatic carbocycles. The Morgan fingerprint density at radius 3 is 1.37 bits per heavy atom. The molecule has 0 aliphatic rings. The van der Waals surface area contributed by atoms with Crippen LogP contribution in [0.5, 0.6) is 17.2 Å².